The van der Waals surface area contributed by atoms with Crippen LogP contribution in [0.5, 0.6) is 0 Å². The number of carbonyl (C=O) groups excluding carboxylic acids is 2. The predicted molar refractivity (Wildman–Crippen MR) is 80.2 cm³/mol. The van der Waals surface area contributed by atoms with Crippen molar-refractivity contribution in [1.29, 1.82) is 0 Å². The van der Waals surface area contributed by atoms with E-state index in [9.17, 15) is 9.59 Å². The molecule has 2 amide bonds. The second-order valence-electron chi connectivity index (χ2n) is 4.42. The van der Waals surface area contributed by atoms with Crippen LogP contribution in [0.4, 0.5) is 16.2 Å². The van der Waals surface area contributed by atoms with Crippen molar-refractivity contribution >= 4 is 23.4 Å². The van der Waals surface area contributed by atoms with Gasteiger partial charge >= 0.3 is 6.09 Å². The average molecular weight is 295 g/mol. The van der Waals surface area contributed by atoms with E-state index in [1.807, 2.05) is 0 Å². The van der Waals surface area contributed by atoms with Crippen LogP contribution < -0.4 is 16.4 Å². The lowest BCUT2D eigenvalue weighted by Gasteiger charge is -2.12. The van der Waals surface area contributed by atoms with E-state index in [2.05, 4.69) is 15.4 Å². The molecule has 0 aliphatic rings. The van der Waals surface area contributed by atoms with Crippen molar-refractivity contribution in [2.45, 2.75) is 18.9 Å². The monoisotopic (exact) mass is 295 g/mol. The first-order valence-corrected chi connectivity index (χ1v) is 6.57. The summed E-state index contributed by atoms with van der Waals surface area (Å²) in [6.45, 7) is 0.578. The number of methoxy groups -OCH3 is 2. The van der Waals surface area contributed by atoms with Crippen LogP contribution in [0.15, 0.2) is 24.3 Å². The molecule has 0 aliphatic carbocycles. The molecular weight excluding hydrogens is 274 g/mol. The zero-order chi connectivity index (χ0) is 15.7. The van der Waals surface area contributed by atoms with E-state index in [-0.39, 0.29) is 5.91 Å². The third-order valence-corrected chi connectivity index (χ3v) is 2.78. The fourth-order valence-electron chi connectivity index (χ4n) is 1.62. The molecule has 0 fully saturated rings. The van der Waals surface area contributed by atoms with Gasteiger partial charge in [0.15, 0.2) is 0 Å². The molecule has 1 aromatic carbocycles. The van der Waals surface area contributed by atoms with Gasteiger partial charge in [-0.15, -0.1) is 0 Å². The van der Waals surface area contributed by atoms with Gasteiger partial charge < -0.3 is 20.5 Å². The topological polar surface area (TPSA) is 103 Å². The van der Waals surface area contributed by atoms with E-state index in [0.29, 0.717) is 24.4 Å². The summed E-state index contributed by atoms with van der Waals surface area (Å²) in [4.78, 5) is 22.9. The maximum absolute atomic E-state index is 11.8. The summed E-state index contributed by atoms with van der Waals surface area (Å²) in [5, 5.41) is 5.23. The number of carbonyl (C=O) groups is 2. The van der Waals surface area contributed by atoms with E-state index in [1.165, 1.54) is 7.11 Å². The molecule has 7 nitrogen and oxygen atoms in total. The lowest BCUT2D eigenvalue weighted by atomic mass is 10.1. The van der Waals surface area contributed by atoms with E-state index < -0.39 is 12.1 Å². The van der Waals surface area contributed by atoms with Crippen molar-refractivity contribution < 1.29 is 19.1 Å². The summed E-state index contributed by atoms with van der Waals surface area (Å²) < 4.78 is 9.39. The van der Waals surface area contributed by atoms with Crippen molar-refractivity contribution in [1.82, 2.24) is 0 Å². The molecule has 1 atom stereocenters. The van der Waals surface area contributed by atoms with Gasteiger partial charge in [0.2, 0.25) is 5.91 Å². The summed E-state index contributed by atoms with van der Waals surface area (Å²) in [6.07, 6.45) is 0.737. The molecule has 0 aromatic heterocycles. The van der Waals surface area contributed by atoms with Gasteiger partial charge in [0, 0.05) is 25.1 Å². The Bertz CT molecular complexity index is 462. The van der Waals surface area contributed by atoms with Gasteiger partial charge in [-0.05, 0) is 37.1 Å². The Morgan fingerprint density at radius 2 is 1.71 bits per heavy atom. The van der Waals surface area contributed by atoms with E-state index in [4.69, 9.17) is 10.5 Å². The van der Waals surface area contributed by atoms with Gasteiger partial charge in [-0.25, -0.2) is 4.79 Å². The Morgan fingerprint density at radius 3 is 2.24 bits per heavy atom. The van der Waals surface area contributed by atoms with Gasteiger partial charge in [-0.2, -0.15) is 0 Å². The molecule has 0 saturated carbocycles. The minimum absolute atomic E-state index is 0.250. The predicted octanol–water partition coefficient (Wildman–Crippen LogP) is 1.56. The van der Waals surface area contributed by atoms with Crippen LogP contribution in [0.2, 0.25) is 0 Å². The van der Waals surface area contributed by atoms with Gasteiger partial charge in [-0.1, -0.05) is 0 Å². The van der Waals surface area contributed by atoms with Gasteiger partial charge in [0.05, 0.1) is 13.2 Å². The summed E-state index contributed by atoms with van der Waals surface area (Å²) in [6, 6.07) is 6.08. The molecule has 0 spiro atoms. The first-order valence-electron chi connectivity index (χ1n) is 6.57. The standard InChI is InChI=1S/C14H21N3O4/c1-20-9-3-4-12(15)13(18)16-10-5-7-11(8-6-10)17-14(19)21-2/h5-8,12H,3-4,9,15H2,1-2H3,(H,16,18)(H,17,19). The molecule has 0 radical (unpaired) electrons. The van der Waals surface area contributed by atoms with Crippen molar-refractivity contribution in [2.75, 3.05) is 31.5 Å². The van der Waals surface area contributed by atoms with E-state index in [1.54, 1.807) is 31.4 Å². The summed E-state index contributed by atoms with van der Waals surface area (Å²) >= 11 is 0. The summed E-state index contributed by atoms with van der Waals surface area (Å²) in [5.74, 6) is -0.250. The SMILES string of the molecule is COCCCC(N)C(=O)Nc1ccc(NC(=O)OC)cc1. The number of nitrogens with two attached hydrogens (primary N) is 1. The molecule has 4 N–H and O–H groups in total. The average Bonchev–Trinajstić information content (AvgIpc) is 2.49. The summed E-state index contributed by atoms with van der Waals surface area (Å²) in [5.41, 5.74) is 6.96. The second-order valence-corrected chi connectivity index (χ2v) is 4.42. The molecule has 0 heterocycles. The maximum atomic E-state index is 11.8. The Labute approximate surface area is 123 Å². The normalized spacial score (nSPS) is 11.6. The zero-order valence-electron chi connectivity index (χ0n) is 12.2. The molecule has 1 rings (SSSR count). The Balaban J connectivity index is 2.47. The fourth-order valence-corrected chi connectivity index (χ4v) is 1.62. The smallest absolute Gasteiger partial charge is 0.411 e. The number of anilines is 2. The highest BCUT2D eigenvalue weighted by Gasteiger charge is 2.13. The Morgan fingerprint density at radius 1 is 1.14 bits per heavy atom. The quantitative estimate of drug-likeness (QED) is 0.662. The fraction of sp³-hybridized carbons (Fsp3) is 0.429. The van der Waals surface area contributed by atoms with Crippen LogP contribution in [0.25, 0.3) is 0 Å². The van der Waals surface area contributed by atoms with Crippen LogP contribution >= 0.6 is 0 Å². The number of rotatable bonds is 7. The van der Waals surface area contributed by atoms with E-state index >= 15 is 0 Å². The van der Waals surface area contributed by atoms with Crippen molar-refractivity contribution in [3.63, 3.8) is 0 Å². The lowest BCUT2D eigenvalue weighted by Crippen LogP contribution is -2.35. The number of hydrogen-bond donors (Lipinski definition) is 3. The minimum atomic E-state index is -0.576. The molecule has 7 heteroatoms. The third kappa shape index (κ3) is 6.24. The number of hydrogen-bond acceptors (Lipinski definition) is 5. The first kappa shape index (κ1) is 16.9. The number of benzene rings is 1. The highest BCUT2D eigenvalue weighted by molar-refractivity contribution is 5.95. The number of amides is 2. The number of nitrogens with one attached hydrogen (secondary N) is 2. The van der Waals surface area contributed by atoms with Gasteiger partial charge in [-0.3, -0.25) is 10.1 Å². The van der Waals surface area contributed by atoms with Crippen LogP contribution in [0, 0.1) is 0 Å². The Kier molecular flexibility index (Phi) is 7.20. The first-order chi connectivity index (χ1) is 10.1. The molecule has 1 unspecified atom stereocenters. The highest BCUT2D eigenvalue weighted by atomic mass is 16.5. The molecule has 0 saturated heterocycles. The van der Waals surface area contributed by atoms with Crippen LogP contribution in [-0.4, -0.2) is 38.9 Å². The van der Waals surface area contributed by atoms with Crippen LogP contribution in [0.3, 0.4) is 0 Å². The molecule has 1 aromatic rings. The third-order valence-electron chi connectivity index (χ3n) is 2.78. The molecular formula is C14H21N3O4. The minimum Gasteiger partial charge on any atom is -0.453 e. The maximum Gasteiger partial charge on any atom is 0.411 e. The van der Waals surface area contributed by atoms with Crippen molar-refractivity contribution in [3.05, 3.63) is 24.3 Å². The lowest BCUT2D eigenvalue weighted by molar-refractivity contribution is -0.117. The van der Waals surface area contributed by atoms with Gasteiger partial charge in [0.1, 0.15) is 0 Å². The largest absolute Gasteiger partial charge is 0.453 e. The number of ether oxygens (including phenoxy) is 2. The molecule has 0 bridgehead atoms. The molecule has 116 valence electrons. The summed E-state index contributed by atoms with van der Waals surface area (Å²) in [7, 11) is 2.89. The van der Waals surface area contributed by atoms with Crippen molar-refractivity contribution in [2.24, 2.45) is 5.73 Å². The van der Waals surface area contributed by atoms with Crippen molar-refractivity contribution in [3.8, 4) is 0 Å². The zero-order valence-corrected chi connectivity index (χ0v) is 12.2. The Hall–Kier alpha value is -2.12. The van der Waals surface area contributed by atoms with Gasteiger partial charge in [0.25, 0.3) is 0 Å². The second kappa shape index (κ2) is 8.93. The van der Waals surface area contributed by atoms with E-state index in [0.717, 1.165) is 6.42 Å². The van der Waals surface area contributed by atoms with Crippen LogP contribution in [0.1, 0.15) is 12.8 Å². The molecule has 0 aliphatic heterocycles. The molecule has 21 heavy (non-hydrogen) atoms. The van der Waals surface area contributed by atoms with Crippen LogP contribution in [-0.2, 0) is 14.3 Å². The highest BCUT2D eigenvalue weighted by Crippen LogP contribution is 2.14.